The highest BCUT2D eigenvalue weighted by Gasteiger charge is 2.16. The molecule has 0 aliphatic carbocycles. The lowest BCUT2D eigenvalue weighted by Crippen LogP contribution is -2.17. The van der Waals surface area contributed by atoms with Gasteiger partial charge in [-0.25, -0.2) is 0 Å². The average Bonchev–Trinajstić information content (AvgIpc) is 2.90. The minimum absolute atomic E-state index is 0.0959. The largest absolute Gasteiger partial charge is 0.374 e. The number of nitrogens with one attached hydrogen (secondary N) is 1. The van der Waals surface area contributed by atoms with Crippen molar-refractivity contribution in [3.8, 4) is 0 Å². The van der Waals surface area contributed by atoms with Crippen LogP contribution in [0.4, 0.5) is 0 Å². The van der Waals surface area contributed by atoms with Crippen LogP contribution < -0.4 is 5.32 Å². The summed E-state index contributed by atoms with van der Waals surface area (Å²) in [6, 6.07) is 10.4. The monoisotopic (exact) mass is 277 g/mol. The normalized spacial score (nSPS) is 12.5. The Kier molecular flexibility index (Phi) is 5.44. The van der Waals surface area contributed by atoms with E-state index in [-0.39, 0.29) is 6.04 Å². The molecule has 0 amide bonds. The number of aromatic nitrogens is 2. The number of hydrogen-bond acceptors (Lipinski definition) is 5. The first-order valence-corrected chi connectivity index (χ1v) is 7.29. The van der Waals surface area contributed by atoms with Gasteiger partial charge in [0.25, 0.3) is 0 Å². The zero-order valence-electron chi connectivity index (χ0n) is 11.3. The molecule has 0 aliphatic rings. The van der Waals surface area contributed by atoms with Gasteiger partial charge in [-0.1, -0.05) is 48.6 Å². The van der Waals surface area contributed by atoms with Crippen molar-refractivity contribution in [2.75, 3.05) is 13.7 Å². The van der Waals surface area contributed by atoms with Gasteiger partial charge in [0.05, 0.1) is 6.04 Å². The second kappa shape index (κ2) is 7.33. The van der Waals surface area contributed by atoms with E-state index in [0.717, 1.165) is 23.0 Å². The first kappa shape index (κ1) is 14.1. The van der Waals surface area contributed by atoms with Gasteiger partial charge in [-0.05, 0) is 19.0 Å². The summed E-state index contributed by atoms with van der Waals surface area (Å²) in [5.41, 5.74) is 1.20. The van der Waals surface area contributed by atoms with E-state index in [2.05, 4.69) is 34.6 Å². The van der Waals surface area contributed by atoms with Crippen LogP contribution >= 0.6 is 11.3 Å². The molecule has 0 spiro atoms. The molecule has 0 saturated carbocycles. The van der Waals surface area contributed by atoms with E-state index in [9.17, 15) is 0 Å². The van der Waals surface area contributed by atoms with Crippen LogP contribution in [-0.4, -0.2) is 23.9 Å². The molecule has 4 nitrogen and oxygen atoms in total. The molecule has 0 radical (unpaired) electrons. The second-order valence-corrected chi connectivity index (χ2v) is 5.31. The Morgan fingerprint density at radius 1 is 1.26 bits per heavy atom. The van der Waals surface area contributed by atoms with Crippen molar-refractivity contribution in [3.05, 3.63) is 45.9 Å². The minimum atomic E-state index is 0.0959. The van der Waals surface area contributed by atoms with Crippen LogP contribution in [0.2, 0.25) is 0 Å². The first-order valence-electron chi connectivity index (χ1n) is 6.47. The summed E-state index contributed by atoms with van der Waals surface area (Å²) in [5, 5.41) is 13.6. The van der Waals surface area contributed by atoms with Crippen molar-refractivity contribution in [3.63, 3.8) is 0 Å². The Morgan fingerprint density at radius 2 is 2.05 bits per heavy atom. The summed E-state index contributed by atoms with van der Waals surface area (Å²) < 4.78 is 5.49. The third kappa shape index (κ3) is 3.83. The molecule has 5 heteroatoms. The molecule has 102 valence electrons. The van der Waals surface area contributed by atoms with Crippen LogP contribution in [0.5, 0.6) is 0 Å². The molecule has 0 fully saturated rings. The maximum atomic E-state index is 5.49. The van der Waals surface area contributed by atoms with Crippen molar-refractivity contribution in [1.82, 2.24) is 15.5 Å². The van der Waals surface area contributed by atoms with Gasteiger partial charge in [0.15, 0.2) is 0 Å². The van der Waals surface area contributed by atoms with Crippen molar-refractivity contribution < 1.29 is 4.74 Å². The smallest absolute Gasteiger partial charge is 0.143 e. The van der Waals surface area contributed by atoms with Crippen molar-refractivity contribution in [2.45, 2.75) is 26.0 Å². The molecule has 1 aromatic heterocycles. The number of nitrogens with zero attached hydrogens (tertiary/aromatic N) is 2. The molecule has 2 rings (SSSR count). The lowest BCUT2D eigenvalue weighted by molar-refractivity contribution is 0.121. The lowest BCUT2D eigenvalue weighted by atomic mass is 10.1. The van der Waals surface area contributed by atoms with Gasteiger partial charge in [-0.2, -0.15) is 0 Å². The fourth-order valence-electron chi connectivity index (χ4n) is 1.82. The van der Waals surface area contributed by atoms with Crippen LogP contribution in [-0.2, 0) is 11.3 Å². The Balaban J connectivity index is 2.07. The topological polar surface area (TPSA) is 47.0 Å². The number of benzene rings is 1. The van der Waals surface area contributed by atoms with Gasteiger partial charge < -0.3 is 10.1 Å². The summed E-state index contributed by atoms with van der Waals surface area (Å²) in [6.07, 6.45) is 1.02. The van der Waals surface area contributed by atoms with E-state index in [1.54, 1.807) is 11.3 Å². The van der Waals surface area contributed by atoms with Crippen LogP contribution in [0.25, 0.3) is 0 Å². The zero-order chi connectivity index (χ0) is 13.5. The van der Waals surface area contributed by atoms with Crippen molar-refractivity contribution in [1.29, 1.82) is 0 Å². The maximum absolute atomic E-state index is 5.49. The summed E-state index contributed by atoms with van der Waals surface area (Å²) >= 11 is 1.60. The highest BCUT2D eigenvalue weighted by Crippen LogP contribution is 2.24. The fourth-order valence-corrected chi connectivity index (χ4v) is 2.74. The molecule has 1 aromatic carbocycles. The molecule has 1 unspecified atom stereocenters. The van der Waals surface area contributed by atoms with Crippen LogP contribution in [0, 0.1) is 0 Å². The predicted octanol–water partition coefficient (Wildman–Crippen LogP) is 2.77. The summed E-state index contributed by atoms with van der Waals surface area (Å²) in [6.45, 7) is 3.41. The van der Waals surface area contributed by atoms with Gasteiger partial charge in [-0.3, -0.25) is 0 Å². The summed E-state index contributed by atoms with van der Waals surface area (Å²) in [5.74, 6) is 0. The van der Waals surface area contributed by atoms with E-state index in [1.807, 2.05) is 25.2 Å². The number of rotatable bonds is 7. The average molecular weight is 277 g/mol. The van der Waals surface area contributed by atoms with E-state index in [1.165, 1.54) is 5.56 Å². The van der Waals surface area contributed by atoms with Crippen molar-refractivity contribution >= 4 is 11.3 Å². The molecule has 2 aromatic rings. The second-order valence-electron chi connectivity index (χ2n) is 4.22. The van der Waals surface area contributed by atoms with Crippen molar-refractivity contribution in [2.24, 2.45) is 0 Å². The lowest BCUT2D eigenvalue weighted by Gasteiger charge is -2.12. The Labute approximate surface area is 117 Å². The predicted molar refractivity (Wildman–Crippen MR) is 77.2 cm³/mol. The van der Waals surface area contributed by atoms with E-state index < -0.39 is 0 Å². The van der Waals surface area contributed by atoms with Gasteiger partial charge in [-0.15, -0.1) is 10.2 Å². The van der Waals surface area contributed by atoms with Gasteiger partial charge in [0.2, 0.25) is 0 Å². The van der Waals surface area contributed by atoms with Gasteiger partial charge >= 0.3 is 0 Å². The molecular formula is C14H19N3OS. The Morgan fingerprint density at radius 3 is 2.74 bits per heavy atom. The SMILES string of the molecule is CCCOCc1nnc(C(NC)c2ccccc2)s1. The first-order chi connectivity index (χ1) is 9.35. The highest BCUT2D eigenvalue weighted by atomic mass is 32.1. The molecular weight excluding hydrogens is 258 g/mol. The number of ether oxygens (including phenoxy) is 1. The number of hydrogen-bond donors (Lipinski definition) is 1. The zero-order valence-corrected chi connectivity index (χ0v) is 12.1. The van der Waals surface area contributed by atoms with Crippen LogP contribution in [0.15, 0.2) is 30.3 Å². The fraction of sp³-hybridized carbons (Fsp3) is 0.429. The third-order valence-electron chi connectivity index (χ3n) is 2.73. The van der Waals surface area contributed by atoms with Crippen LogP contribution in [0.1, 0.15) is 35.0 Å². The molecule has 0 bridgehead atoms. The van der Waals surface area contributed by atoms with Gasteiger partial charge in [0.1, 0.15) is 16.6 Å². The van der Waals surface area contributed by atoms with E-state index in [4.69, 9.17) is 4.74 Å². The summed E-state index contributed by atoms with van der Waals surface area (Å²) in [7, 11) is 1.94. The van der Waals surface area contributed by atoms with E-state index in [0.29, 0.717) is 6.61 Å². The highest BCUT2D eigenvalue weighted by molar-refractivity contribution is 7.11. The molecule has 1 atom stereocenters. The van der Waals surface area contributed by atoms with Crippen LogP contribution in [0.3, 0.4) is 0 Å². The maximum Gasteiger partial charge on any atom is 0.143 e. The molecule has 19 heavy (non-hydrogen) atoms. The van der Waals surface area contributed by atoms with Gasteiger partial charge in [0, 0.05) is 6.61 Å². The summed E-state index contributed by atoms with van der Waals surface area (Å²) in [4.78, 5) is 0. The third-order valence-corrected chi connectivity index (χ3v) is 3.69. The standard InChI is InChI=1S/C14H19N3OS/c1-3-9-18-10-12-16-17-14(19-12)13(15-2)11-7-5-4-6-8-11/h4-8,13,15H,3,9-10H2,1-2H3. The molecule has 0 saturated heterocycles. The quantitative estimate of drug-likeness (QED) is 0.791. The van der Waals surface area contributed by atoms with E-state index >= 15 is 0 Å². The molecule has 1 N–H and O–H groups in total. The minimum Gasteiger partial charge on any atom is -0.374 e. The molecule has 0 aliphatic heterocycles. The Hall–Kier alpha value is -1.30. The Bertz CT molecular complexity index is 486. The molecule has 1 heterocycles.